The third-order valence-electron chi connectivity index (χ3n) is 5.00. The molecule has 1 N–H and O–H groups in total. The van der Waals surface area contributed by atoms with Crippen LogP contribution in [0.4, 0.5) is 0 Å². The largest absolute Gasteiger partial charge is 0.507 e. The Morgan fingerprint density at radius 2 is 1.96 bits per heavy atom. The molecule has 0 amide bonds. The highest BCUT2D eigenvalue weighted by Crippen LogP contribution is 2.35. The van der Waals surface area contributed by atoms with Gasteiger partial charge in [0, 0.05) is 28.2 Å². The summed E-state index contributed by atoms with van der Waals surface area (Å²) in [5, 5.41) is 21.0. The van der Waals surface area contributed by atoms with E-state index in [1.165, 1.54) is 19.3 Å². The van der Waals surface area contributed by atoms with E-state index >= 15 is 0 Å². The second-order valence-electron chi connectivity index (χ2n) is 6.58. The Hall–Kier alpha value is -2.51. The summed E-state index contributed by atoms with van der Waals surface area (Å²) in [6, 6.07) is 11.3. The molecule has 1 aliphatic carbocycles. The van der Waals surface area contributed by atoms with Gasteiger partial charge in [-0.05, 0) is 43.2 Å². The van der Waals surface area contributed by atoms with Crippen LogP contribution in [-0.2, 0) is 0 Å². The summed E-state index contributed by atoms with van der Waals surface area (Å²) in [6.45, 7) is 0. The predicted molar refractivity (Wildman–Crippen MR) is 98.7 cm³/mol. The lowest BCUT2D eigenvalue weighted by molar-refractivity contribution is 0.359. The van der Waals surface area contributed by atoms with E-state index in [1.807, 2.05) is 18.3 Å². The van der Waals surface area contributed by atoms with Crippen molar-refractivity contribution in [2.75, 3.05) is 0 Å². The number of rotatable bonds is 2. The monoisotopic (exact) mass is 351 g/mol. The molecule has 1 fully saturated rings. The third-order valence-corrected chi connectivity index (χ3v) is 5.24. The summed E-state index contributed by atoms with van der Waals surface area (Å²) in [5.74, 6) is 0.146. The summed E-state index contributed by atoms with van der Waals surface area (Å²) in [7, 11) is 0. The Morgan fingerprint density at radius 3 is 2.72 bits per heavy atom. The number of phenols is 1. The minimum absolute atomic E-state index is 0.146. The fraction of sp³-hybridized carbons (Fsp3) is 0.300. The van der Waals surface area contributed by atoms with Crippen LogP contribution in [0.3, 0.4) is 0 Å². The molecule has 0 bridgehead atoms. The molecule has 3 aromatic rings. The first kappa shape index (κ1) is 16.0. The van der Waals surface area contributed by atoms with Crippen molar-refractivity contribution < 1.29 is 5.11 Å². The van der Waals surface area contributed by atoms with Gasteiger partial charge in [-0.1, -0.05) is 30.9 Å². The number of phenolic OH excluding ortho intramolecular Hbond substituents is 1. The van der Waals surface area contributed by atoms with Crippen LogP contribution in [0.5, 0.6) is 5.75 Å². The third kappa shape index (κ3) is 2.85. The van der Waals surface area contributed by atoms with Crippen molar-refractivity contribution in [3.8, 4) is 23.1 Å². The predicted octanol–water partition coefficient (Wildman–Crippen LogP) is 5.44. The van der Waals surface area contributed by atoms with E-state index in [2.05, 4.69) is 10.6 Å². The highest BCUT2D eigenvalue weighted by atomic mass is 35.5. The average Bonchev–Trinajstić information content (AvgIpc) is 3.02. The van der Waals surface area contributed by atoms with E-state index in [9.17, 15) is 10.4 Å². The second-order valence-corrected chi connectivity index (χ2v) is 7.02. The van der Waals surface area contributed by atoms with Crippen LogP contribution in [0.1, 0.15) is 43.7 Å². The first-order valence-corrected chi connectivity index (χ1v) is 8.96. The minimum atomic E-state index is 0.146. The molecule has 0 radical (unpaired) electrons. The molecule has 2 heterocycles. The van der Waals surface area contributed by atoms with E-state index in [-0.39, 0.29) is 5.75 Å². The van der Waals surface area contributed by atoms with Gasteiger partial charge in [0.15, 0.2) is 0 Å². The molecule has 4 nitrogen and oxygen atoms in total. The van der Waals surface area contributed by atoms with Gasteiger partial charge in [0.05, 0.1) is 11.3 Å². The number of fused-ring (bicyclic) bond motifs is 1. The molecule has 0 aliphatic heterocycles. The lowest BCUT2D eigenvalue weighted by Crippen LogP contribution is -2.12. The number of nitrogens with zero attached hydrogens (tertiary/aromatic N) is 3. The lowest BCUT2D eigenvalue weighted by atomic mass is 9.95. The van der Waals surface area contributed by atoms with Crippen LogP contribution >= 0.6 is 11.6 Å². The SMILES string of the molecule is N#Cc1cn(C2CCCCC2)c2nc(-c3cc(Cl)ccc3O)ccc12. The van der Waals surface area contributed by atoms with Gasteiger partial charge in [0.2, 0.25) is 0 Å². The average molecular weight is 352 g/mol. The fourth-order valence-electron chi connectivity index (χ4n) is 3.72. The van der Waals surface area contributed by atoms with Crippen LogP contribution in [0.2, 0.25) is 5.02 Å². The maximum absolute atomic E-state index is 10.2. The van der Waals surface area contributed by atoms with Gasteiger partial charge in [-0.25, -0.2) is 4.98 Å². The molecular weight excluding hydrogens is 334 g/mol. The Morgan fingerprint density at radius 1 is 1.16 bits per heavy atom. The van der Waals surface area contributed by atoms with Gasteiger partial charge in [0.1, 0.15) is 17.5 Å². The first-order valence-electron chi connectivity index (χ1n) is 8.58. The molecule has 0 atom stereocenters. The molecular formula is C20H18ClN3O. The van der Waals surface area contributed by atoms with Crippen molar-refractivity contribution in [2.45, 2.75) is 38.1 Å². The fourth-order valence-corrected chi connectivity index (χ4v) is 3.89. The van der Waals surface area contributed by atoms with Gasteiger partial charge in [-0.3, -0.25) is 0 Å². The van der Waals surface area contributed by atoms with Gasteiger partial charge in [0.25, 0.3) is 0 Å². The number of hydrogen-bond acceptors (Lipinski definition) is 3. The molecule has 0 saturated heterocycles. The molecule has 0 unspecified atom stereocenters. The van der Waals surface area contributed by atoms with Gasteiger partial charge < -0.3 is 9.67 Å². The molecule has 25 heavy (non-hydrogen) atoms. The van der Waals surface area contributed by atoms with Gasteiger partial charge in [-0.2, -0.15) is 5.26 Å². The summed E-state index contributed by atoms with van der Waals surface area (Å²) >= 11 is 6.08. The van der Waals surface area contributed by atoms with E-state index in [1.54, 1.807) is 18.2 Å². The number of benzene rings is 1. The molecule has 2 aromatic heterocycles. The number of aromatic nitrogens is 2. The summed E-state index contributed by atoms with van der Waals surface area (Å²) in [5.41, 5.74) is 2.71. The standard InChI is InChI=1S/C20H18ClN3O/c21-14-6-9-19(25)17(10-14)18-8-7-16-13(11-22)12-24(20(16)23-18)15-4-2-1-3-5-15/h6-10,12,15,25H,1-5H2. The van der Waals surface area contributed by atoms with E-state index < -0.39 is 0 Å². The zero-order valence-corrected chi connectivity index (χ0v) is 14.5. The van der Waals surface area contributed by atoms with E-state index in [0.717, 1.165) is 23.9 Å². The highest BCUT2D eigenvalue weighted by Gasteiger charge is 2.20. The van der Waals surface area contributed by atoms with Crippen LogP contribution in [0.15, 0.2) is 36.5 Å². The number of hydrogen-bond donors (Lipinski definition) is 1. The Labute approximate surface area is 151 Å². The molecule has 4 rings (SSSR count). The number of aromatic hydroxyl groups is 1. The Kier molecular flexibility index (Phi) is 4.10. The second kappa shape index (κ2) is 6.42. The maximum Gasteiger partial charge on any atom is 0.142 e. The van der Waals surface area contributed by atoms with Crippen molar-refractivity contribution in [3.05, 3.63) is 47.1 Å². The molecule has 0 spiro atoms. The lowest BCUT2D eigenvalue weighted by Gasteiger charge is -2.23. The van der Waals surface area contributed by atoms with E-state index in [0.29, 0.717) is 27.9 Å². The molecule has 1 aromatic carbocycles. The molecule has 5 heteroatoms. The van der Waals surface area contributed by atoms with Crippen LogP contribution < -0.4 is 0 Å². The molecule has 1 saturated carbocycles. The van der Waals surface area contributed by atoms with Crippen LogP contribution in [-0.4, -0.2) is 14.7 Å². The zero-order chi connectivity index (χ0) is 17.4. The topological polar surface area (TPSA) is 61.8 Å². The Balaban J connectivity index is 1.89. The van der Waals surface area contributed by atoms with Crippen LogP contribution in [0, 0.1) is 11.3 Å². The summed E-state index contributed by atoms with van der Waals surface area (Å²) in [6.07, 6.45) is 7.85. The van der Waals surface area contributed by atoms with Crippen molar-refractivity contribution in [2.24, 2.45) is 0 Å². The summed E-state index contributed by atoms with van der Waals surface area (Å²) < 4.78 is 2.15. The Bertz CT molecular complexity index is 981. The zero-order valence-electron chi connectivity index (χ0n) is 13.7. The van der Waals surface area contributed by atoms with Crippen molar-refractivity contribution >= 4 is 22.6 Å². The van der Waals surface area contributed by atoms with Crippen molar-refractivity contribution in [1.82, 2.24) is 9.55 Å². The number of halogens is 1. The highest BCUT2D eigenvalue weighted by molar-refractivity contribution is 6.31. The van der Waals surface area contributed by atoms with Gasteiger partial charge >= 0.3 is 0 Å². The van der Waals surface area contributed by atoms with Gasteiger partial charge in [-0.15, -0.1) is 0 Å². The quantitative estimate of drug-likeness (QED) is 0.668. The smallest absolute Gasteiger partial charge is 0.142 e. The minimum Gasteiger partial charge on any atom is -0.507 e. The maximum atomic E-state index is 10.2. The normalized spacial score (nSPS) is 15.4. The van der Waals surface area contributed by atoms with Crippen molar-refractivity contribution in [3.63, 3.8) is 0 Å². The van der Waals surface area contributed by atoms with E-state index in [4.69, 9.17) is 16.6 Å². The number of nitriles is 1. The van der Waals surface area contributed by atoms with Crippen LogP contribution in [0.25, 0.3) is 22.3 Å². The molecule has 126 valence electrons. The van der Waals surface area contributed by atoms with Crippen molar-refractivity contribution in [1.29, 1.82) is 5.26 Å². The summed E-state index contributed by atoms with van der Waals surface area (Å²) in [4.78, 5) is 4.78. The number of pyridine rings is 1. The first-order chi connectivity index (χ1) is 12.2. The molecule has 1 aliphatic rings.